The van der Waals surface area contributed by atoms with Gasteiger partial charge in [-0.05, 0) is 71.1 Å². The molecule has 106 valence electrons. The topological polar surface area (TPSA) is 48.2 Å². The Labute approximate surface area is 134 Å². The summed E-state index contributed by atoms with van der Waals surface area (Å²) in [5.41, 5.74) is 0.695. The summed E-state index contributed by atoms with van der Waals surface area (Å²) in [6.45, 7) is 0.189. The lowest BCUT2D eigenvalue weighted by Crippen LogP contribution is -1.95. The van der Waals surface area contributed by atoms with Crippen LogP contribution in [0.4, 0.5) is 4.39 Å². The molecule has 2 aromatic carbocycles. The molecule has 0 aliphatic heterocycles. The highest BCUT2D eigenvalue weighted by Gasteiger charge is 2.09. The SMILES string of the molecule is Fc1ccc(-c2noc(COc3ccc(I)cc3)n2)cc1. The number of hydrogen-bond donors (Lipinski definition) is 0. The van der Waals surface area contributed by atoms with Crippen molar-refractivity contribution in [1.29, 1.82) is 0 Å². The highest BCUT2D eigenvalue weighted by atomic mass is 127. The number of rotatable bonds is 4. The largest absolute Gasteiger partial charge is 0.484 e. The molecule has 21 heavy (non-hydrogen) atoms. The van der Waals surface area contributed by atoms with Gasteiger partial charge in [-0.2, -0.15) is 4.98 Å². The third-order valence-electron chi connectivity index (χ3n) is 2.75. The van der Waals surface area contributed by atoms with Gasteiger partial charge >= 0.3 is 0 Å². The van der Waals surface area contributed by atoms with E-state index < -0.39 is 0 Å². The Kier molecular flexibility index (Phi) is 4.14. The van der Waals surface area contributed by atoms with E-state index in [1.54, 1.807) is 12.1 Å². The second-order valence-electron chi connectivity index (χ2n) is 4.26. The van der Waals surface area contributed by atoms with Crippen LogP contribution in [0.1, 0.15) is 5.89 Å². The van der Waals surface area contributed by atoms with Crippen LogP contribution in [0, 0.1) is 9.39 Å². The molecule has 0 amide bonds. The lowest BCUT2D eigenvalue weighted by Gasteiger charge is -2.02. The average molecular weight is 396 g/mol. The summed E-state index contributed by atoms with van der Waals surface area (Å²) in [5.74, 6) is 1.21. The number of hydrogen-bond acceptors (Lipinski definition) is 4. The standard InChI is InChI=1S/C15H10FIN2O2/c16-11-3-1-10(2-4-11)15-18-14(21-19-15)9-20-13-7-5-12(17)6-8-13/h1-8H,9H2. The van der Waals surface area contributed by atoms with Gasteiger partial charge in [0.15, 0.2) is 6.61 Å². The lowest BCUT2D eigenvalue weighted by atomic mass is 10.2. The number of nitrogens with zero attached hydrogens (tertiary/aromatic N) is 2. The van der Waals surface area contributed by atoms with Gasteiger partial charge in [0.2, 0.25) is 5.82 Å². The van der Waals surface area contributed by atoms with E-state index in [0.29, 0.717) is 17.3 Å². The average Bonchev–Trinajstić information content (AvgIpc) is 2.96. The molecule has 0 unspecified atom stereocenters. The van der Waals surface area contributed by atoms with E-state index in [0.717, 1.165) is 9.32 Å². The van der Waals surface area contributed by atoms with Crippen molar-refractivity contribution in [3.8, 4) is 17.1 Å². The van der Waals surface area contributed by atoms with Gasteiger partial charge in [0.1, 0.15) is 11.6 Å². The maximum atomic E-state index is 12.9. The number of benzene rings is 2. The van der Waals surface area contributed by atoms with Crippen molar-refractivity contribution in [3.05, 3.63) is 63.8 Å². The fraction of sp³-hybridized carbons (Fsp3) is 0.0667. The maximum Gasteiger partial charge on any atom is 0.264 e. The number of halogens is 2. The Morgan fingerprint density at radius 1 is 1.05 bits per heavy atom. The van der Waals surface area contributed by atoms with Gasteiger partial charge in [-0.1, -0.05) is 5.16 Å². The van der Waals surface area contributed by atoms with Gasteiger partial charge in [-0.25, -0.2) is 4.39 Å². The van der Waals surface area contributed by atoms with Crippen LogP contribution in [0.15, 0.2) is 53.1 Å². The molecule has 0 atom stereocenters. The van der Waals surface area contributed by atoms with E-state index in [1.165, 1.54) is 12.1 Å². The fourth-order valence-electron chi connectivity index (χ4n) is 1.71. The summed E-state index contributed by atoms with van der Waals surface area (Å²) < 4.78 is 24.7. The van der Waals surface area contributed by atoms with Crippen molar-refractivity contribution in [2.24, 2.45) is 0 Å². The van der Waals surface area contributed by atoms with E-state index >= 15 is 0 Å². The molecule has 0 radical (unpaired) electrons. The Morgan fingerprint density at radius 3 is 2.48 bits per heavy atom. The van der Waals surface area contributed by atoms with Crippen LogP contribution in [0.5, 0.6) is 5.75 Å². The molecule has 0 spiro atoms. The first-order valence-corrected chi connectivity index (χ1v) is 7.25. The summed E-state index contributed by atoms with van der Waals surface area (Å²) in [4.78, 5) is 4.22. The zero-order valence-corrected chi connectivity index (χ0v) is 13.0. The summed E-state index contributed by atoms with van der Waals surface area (Å²) in [6, 6.07) is 13.6. The normalized spacial score (nSPS) is 10.6. The van der Waals surface area contributed by atoms with E-state index in [1.807, 2.05) is 24.3 Å². The van der Waals surface area contributed by atoms with Crippen molar-refractivity contribution >= 4 is 22.6 Å². The first-order valence-electron chi connectivity index (χ1n) is 6.17. The van der Waals surface area contributed by atoms with Gasteiger partial charge < -0.3 is 9.26 Å². The zero-order valence-electron chi connectivity index (χ0n) is 10.8. The minimum atomic E-state index is -0.301. The number of ether oxygens (including phenoxy) is 1. The predicted octanol–water partition coefficient (Wildman–Crippen LogP) is 4.06. The molecular formula is C15H10FIN2O2. The van der Waals surface area contributed by atoms with Crippen molar-refractivity contribution in [1.82, 2.24) is 10.1 Å². The second kappa shape index (κ2) is 6.21. The second-order valence-corrected chi connectivity index (χ2v) is 5.51. The summed E-state index contributed by atoms with van der Waals surface area (Å²) >= 11 is 2.23. The van der Waals surface area contributed by atoms with Crippen LogP contribution in [0.3, 0.4) is 0 Å². The van der Waals surface area contributed by atoms with Gasteiger partial charge in [0.05, 0.1) is 0 Å². The Hall–Kier alpha value is -1.96. The lowest BCUT2D eigenvalue weighted by molar-refractivity contribution is 0.243. The first-order chi connectivity index (χ1) is 10.2. The molecule has 4 nitrogen and oxygen atoms in total. The van der Waals surface area contributed by atoms with E-state index in [-0.39, 0.29) is 12.4 Å². The molecule has 1 aromatic heterocycles. The molecule has 3 rings (SSSR count). The molecule has 0 saturated heterocycles. The Morgan fingerprint density at radius 2 is 1.76 bits per heavy atom. The molecule has 3 aromatic rings. The maximum absolute atomic E-state index is 12.9. The molecule has 0 N–H and O–H groups in total. The minimum Gasteiger partial charge on any atom is -0.484 e. The van der Waals surface area contributed by atoms with Gasteiger partial charge in [0, 0.05) is 9.13 Å². The van der Waals surface area contributed by atoms with Crippen LogP contribution in [0.2, 0.25) is 0 Å². The van der Waals surface area contributed by atoms with Crippen LogP contribution >= 0.6 is 22.6 Å². The molecular weight excluding hydrogens is 386 g/mol. The Bertz CT molecular complexity index is 726. The van der Waals surface area contributed by atoms with Crippen LogP contribution < -0.4 is 4.74 Å². The van der Waals surface area contributed by atoms with Gasteiger partial charge in [-0.3, -0.25) is 0 Å². The summed E-state index contributed by atoms with van der Waals surface area (Å²) in [7, 11) is 0. The summed E-state index contributed by atoms with van der Waals surface area (Å²) in [6.07, 6.45) is 0. The van der Waals surface area contributed by atoms with Crippen molar-refractivity contribution in [3.63, 3.8) is 0 Å². The summed E-state index contributed by atoms with van der Waals surface area (Å²) in [5, 5.41) is 3.85. The quantitative estimate of drug-likeness (QED) is 0.625. The monoisotopic (exact) mass is 396 g/mol. The predicted molar refractivity (Wildman–Crippen MR) is 83.2 cm³/mol. The van der Waals surface area contributed by atoms with E-state index in [2.05, 4.69) is 32.7 Å². The van der Waals surface area contributed by atoms with Crippen LogP contribution in [0.25, 0.3) is 11.4 Å². The number of aromatic nitrogens is 2. The van der Waals surface area contributed by atoms with Crippen LogP contribution in [-0.4, -0.2) is 10.1 Å². The van der Waals surface area contributed by atoms with Gasteiger partial charge in [0.25, 0.3) is 5.89 Å². The molecule has 0 saturated carbocycles. The van der Waals surface area contributed by atoms with Crippen molar-refractivity contribution in [2.45, 2.75) is 6.61 Å². The molecule has 1 heterocycles. The molecule has 0 aliphatic rings. The fourth-order valence-corrected chi connectivity index (χ4v) is 2.07. The third-order valence-corrected chi connectivity index (χ3v) is 3.47. The van der Waals surface area contributed by atoms with Crippen LogP contribution in [-0.2, 0) is 6.61 Å². The highest BCUT2D eigenvalue weighted by Crippen LogP contribution is 2.18. The van der Waals surface area contributed by atoms with Gasteiger partial charge in [-0.15, -0.1) is 0 Å². The minimum absolute atomic E-state index is 0.189. The third kappa shape index (κ3) is 3.57. The molecule has 0 aliphatic carbocycles. The first kappa shape index (κ1) is 14.0. The smallest absolute Gasteiger partial charge is 0.264 e. The van der Waals surface area contributed by atoms with E-state index in [9.17, 15) is 4.39 Å². The molecule has 0 fully saturated rings. The van der Waals surface area contributed by atoms with Crippen molar-refractivity contribution < 1.29 is 13.7 Å². The van der Waals surface area contributed by atoms with Crippen molar-refractivity contribution in [2.75, 3.05) is 0 Å². The van der Waals surface area contributed by atoms with E-state index in [4.69, 9.17) is 9.26 Å². The molecule has 0 bridgehead atoms. The zero-order chi connectivity index (χ0) is 14.7. The molecule has 6 heteroatoms. The Balaban J connectivity index is 1.67. The highest BCUT2D eigenvalue weighted by molar-refractivity contribution is 14.1.